The Morgan fingerprint density at radius 3 is 2.58 bits per heavy atom. The minimum Gasteiger partial charge on any atom is -0.435 e. The number of guanidine groups is 1. The van der Waals surface area contributed by atoms with Crippen molar-refractivity contribution in [1.82, 2.24) is 10.6 Å². The highest BCUT2D eigenvalue weighted by atomic mass is 32.1. The van der Waals surface area contributed by atoms with Crippen molar-refractivity contribution in [2.75, 3.05) is 7.05 Å². The standard InChI is InChI=1S/C17H21F2N3OS/c1-3-14-7-8-15(24-14)11-22-17(20-2)21-10-12-5-4-6-13(9-12)23-16(18)19/h4-9,16H,3,10-11H2,1-2H3,(H2,20,21,22). The first-order valence-corrected chi connectivity index (χ1v) is 8.48. The lowest BCUT2D eigenvalue weighted by atomic mass is 10.2. The Kier molecular flexibility index (Phi) is 6.99. The Morgan fingerprint density at radius 2 is 1.92 bits per heavy atom. The molecule has 1 aromatic heterocycles. The Labute approximate surface area is 144 Å². The normalized spacial score (nSPS) is 11.6. The van der Waals surface area contributed by atoms with Crippen molar-refractivity contribution < 1.29 is 13.5 Å². The van der Waals surface area contributed by atoms with Gasteiger partial charge in [-0.15, -0.1) is 11.3 Å². The van der Waals surface area contributed by atoms with Gasteiger partial charge in [-0.2, -0.15) is 8.78 Å². The van der Waals surface area contributed by atoms with Crippen LogP contribution in [0.15, 0.2) is 41.4 Å². The lowest BCUT2D eigenvalue weighted by Gasteiger charge is -2.12. The van der Waals surface area contributed by atoms with Crippen LogP contribution in [0.1, 0.15) is 22.2 Å². The second kappa shape index (κ2) is 9.22. The molecule has 1 heterocycles. The molecule has 0 atom stereocenters. The molecule has 4 nitrogen and oxygen atoms in total. The SMILES string of the molecule is CCc1ccc(CNC(=NC)NCc2cccc(OC(F)F)c2)s1. The molecular weight excluding hydrogens is 332 g/mol. The van der Waals surface area contributed by atoms with Gasteiger partial charge in [-0.1, -0.05) is 19.1 Å². The molecule has 0 saturated carbocycles. The van der Waals surface area contributed by atoms with Crippen LogP contribution in [0.3, 0.4) is 0 Å². The van der Waals surface area contributed by atoms with Crippen molar-refractivity contribution in [2.45, 2.75) is 33.0 Å². The summed E-state index contributed by atoms with van der Waals surface area (Å²) in [7, 11) is 1.69. The van der Waals surface area contributed by atoms with E-state index in [1.54, 1.807) is 30.5 Å². The molecule has 1 aromatic carbocycles. The minimum atomic E-state index is -2.82. The van der Waals surface area contributed by atoms with Gasteiger partial charge < -0.3 is 15.4 Å². The van der Waals surface area contributed by atoms with Crippen LogP contribution < -0.4 is 15.4 Å². The number of aliphatic imine (C=N–C) groups is 1. The number of aryl methyl sites for hydroxylation is 1. The number of rotatable bonds is 7. The zero-order valence-electron chi connectivity index (χ0n) is 13.7. The number of benzene rings is 1. The molecule has 0 radical (unpaired) electrons. The molecule has 7 heteroatoms. The van der Waals surface area contributed by atoms with Crippen molar-refractivity contribution in [3.05, 3.63) is 51.7 Å². The number of ether oxygens (including phenoxy) is 1. The monoisotopic (exact) mass is 353 g/mol. The summed E-state index contributed by atoms with van der Waals surface area (Å²) < 4.78 is 28.9. The molecule has 2 rings (SSSR count). The molecule has 0 amide bonds. The van der Waals surface area contributed by atoms with Crippen LogP contribution >= 0.6 is 11.3 Å². The summed E-state index contributed by atoms with van der Waals surface area (Å²) in [5, 5.41) is 6.40. The molecule has 0 fully saturated rings. The van der Waals surface area contributed by atoms with Gasteiger partial charge in [0.1, 0.15) is 5.75 Å². The highest BCUT2D eigenvalue weighted by molar-refractivity contribution is 7.11. The highest BCUT2D eigenvalue weighted by Gasteiger charge is 2.05. The first-order chi connectivity index (χ1) is 11.6. The maximum absolute atomic E-state index is 12.2. The van der Waals surface area contributed by atoms with Crippen molar-refractivity contribution in [1.29, 1.82) is 0 Å². The van der Waals surface area contributed by atoms with E-state index in [1.807, 2.05) is 6.07 Å². The molecule has 2 N–H and O–H groups in total. The predicted molar refractivity (Wildman–Crippen MR) is 93.8 cm³/mol. The van der Waals surface area contributed by atoms with E-state index in [1.165, 1.54) is 15.8 Å². The van der Waals surface area contributed by atoms with E-state index in [0.29, 0.717) is 19.0 Å². The summed E-state index contributed by atoms with van der Waals surface area (Å²) in [6, 6.07) is 10.8. The fraction of sp³-hybridized carbons (Fsp3) is 0.353. The van der Waals surface area contributed by atoms with Gasteiger partial charge in [0.2, 0.25) is 0 Å². The van der Waals surface area contributed by atoms with E-state index in [2.05, 4.69) is 39.4 Å². The fourth-order valence-electron chi connectivity index (χ4n) is 2.12. The minimum absolute atomic E-state index is 0.151. The molecule has 0 unspecified atom stereocenters. The van der Waals surface area contributed by atoms with Crippen LogP contribution in [-0.2, 0) is 19.5 Å². The van der Waals surface area contributed by atoms with Crippen LogP contribution in [0.25, 0.3) is 0 Å². The van der Waals surface area contributed by atoms with Gasteiger partial charge in [-0.05, 0) is 36.2 Å². The average molecular weight is 353 g/mol. The molecule has 0 bridgehead atoms. The third-order valence-corrected chi connectivity index (χ3v) is 4.53. The number of nitrogens with one attached hydrogen (secondary N) is 2. The van der Waals surface area contributed by atoms with Crippen molar-refractivity contribution in [3.8, 4) is 5.75 Å². The average Bonchev–Trinajstić information content (AvgIpc) is 3.03. The van der Waals surface area contributed by atoms with Crippen molar-refractivity contribution >= 4 is 17.3 Å². The van der Waals surface area contributed by atoms with E-state index < -0.39 is 6.61 Å². The van der Waals surface area contributed by atoms with Crippen LogP contribution in [0.5, 0.6) is 5.75 Å². The Morgan fingerprint density at radius 1 is 1.17 bits per heavy atom. The smallest absolute Gasteiger partial charge is 0.387 e. The van der Waals surface area contributed by atoms with Crippen LogP contribution in [0.2, 0.25) is 0 Å². The fourth-order valence-corrected chi connectivity index (χ4v) is 3.01. The summed E-state index contributed by atoms with van der Waals surface area (Å²) in [6.45, 7) is 0.473. The van der Waals surface area contributed by atoms with Gasteiger partial charge in [-0.3, -0.25) is 4.99 Å². The molecular formula is C17H21F2N3OS. The highest BCUT2D eigenvalue weighted by Crippen LogP contribution is 2.17. The van der Waals surface area contributed by atoms with E-state index >= 15 is 0 Å². The molecule has 0 aliphatic carbocycles. The van der Waals surface area contributed by atoms with Crippen LogP contribution in [0, 0.1) is 0 Å². The quantitative estimate of drug-likeness (QED) is 0.588. The van der Waals surface area contributed by atoms with Crippen LogP contribution in [-0.4, -0.2) is 19.6 Å². The van der Waals surface area contributed by atoms with Gasteiger partial charge >= 0.3 is 6.61 Å². The summed E-state index contributed by atoms with van der Waals surface area (Å²) in [5.41, 5.74) is 0.834. The first kappa shape index (κ1) is 18.2. The van der Waals surface area contributed by atoms with E-state index in [-0.39, 0.29) is 5.75 Å². The summed E-state index contributed by atoms with van der Waals surface area (Å²) in [5.74, 6) is 0.805. The summed E-state index contributed by atoms with van der Waals surface area (Å²) in [4.78, 5) is 6.75. The molecule has 0 spiro atoms. The number of hydrogen-bond acceptors (Lipinski definition) is 3. The molecule has 24 heavy (non-hydrogen) atoms. The lowest BCUT2D eigenvalue weighted by Crippen LogP contribution is -2.36. The third kappa shape index (κ3) is 5.81. The topological polar surface area (TPSA) is 45.7 Å². The molecule has 0 aliphatic rings. The van der Waals surface area contributed by atoms with Crippen molar-refractivity contribution in [3.63, 3.8) is 0 Å². The van der Waals surface area contributed by atoms with Gasteiger partial charge in [-0.25, -0.2) is 0 Å². The first-order valence-electron chi connectivity index (χ1n) is 7.66. The molecule has 130 valence electrons. The van der Waals surface area contributed by atoms with Gasteiger partial charge in [0.25, 0.3) is 0 Å². The number of nitrogens with zero attached hydrogens (tertiary/aromatic N) is 1. The largest absolute Gasteiger partial charge is 0.435 e. The third-order valence-electron chi connectivity index (χ3n) is 3.30. The second-order valence-electron chi connectivity index (χ2n) is 5.03. The van der Waals surface area contributed by atoms with Gasteiger partial charge in [0.15, 0.2) is 5.96 Å². The Balaban J connectivity index is 1.85. The van der Waals surface area contributed by atoms with E-state index in [9.17, 15) is 8.78 Å². The van der Waals surface area contributed by atoms with Crippen LogP contribution in [0.4, 0.5) is 8.78 Å². The number of thiophene rings is 1. The summed E-state index contributed by atoms with van der Waals surface area (Å²) >= 11 is 1.77. The number of alkyl halides is 2. The van der Waals surface area contributed by atoms with E-state index in [0.717, 1.165) is 12.0 Å². The maximum Gasteiger partial charge on any atom is 0.387 e. The van der Waals surface area contributed by atoms with Crippen molar-refractivity contribution in [2.24, 2.45) is 4.99 Å². The molecule has 0 saturated heterocycles. The second-order valence-corrected chi connectivity index (χ2v) is 6.28. The van der Waals surface area contributed by atoms with Gasteiger partial charge in [0.05, 0.1) is 6.54 Å². The zero-order valence-corrected chi connectivity index (χ0v) is 14.5. The lowest BCUT2D eigenvalue weighted by molar-refractivity contribution is -0.0498. The number of hydrogen-bond donors (Lipinski definition) is 2. The molecule has 2 aromatic rings. The zero-order chi connectivity index (χ0) is 17.4. The van der Waals surface area contributed by atoms with Gasteiger partial charge in [0, 0.05) is 23.3 Å². The molecule has 0 aliphatic heterocycles. The maximum atomic E-state index is 12.2. The Bertz CT molecular complexity index is 673. The summed E-state index contributed by atoms with van der Waals surface area (Å²) in [6.07, 6.45) is 1.04. The van der Waals surface area contributed by atoms with E-state index in [4.69, 9.17) is 0 Å². The predicted octanol–water partition coefficient (Wildman–Crippen LogP) is 3.78. The number of halogens is 2. The Hall–Kier alpha value is -2.15.